The molecular weight excluding hydrogens is 352 g/mol. The molecule has 0 bridgehead atoms. The van der Waals surface area contributed by atoms with Gasteiger partial charge in [-0.25, -0.2) is 4.98 Å². The number of unbranched alkanes of at least 4 members (excludes halogenated alkanes) is 1. The van der Waals surface area contributed by atoms with E-state index in [9.17, 15) is 4.79 Å². The second-order valence-corrected chi connectivity index (χ2v) is 9.47. The molecular formula is C23H30N2OS. The van der Waals surface area contributed by atoms with Gasteiger partial charge in [0.25, 0.3) is 5.56 Å². The van der Waals surface area contributed by atoms with E-state index >= 15 is 0 Å². The summed E-state index contributed by atoms with van der Waals surface area (Å²) < 4.78 is 0. The zero-order valence-corrected chi connectivity index (χ0v) is 17.3. The molecule has 0 unspecified atom stereocenters. The van der Waals surface area contributed by atoms with Crippen molar-refractivity contribution >= 4 is 11.8 Å². The molecule has 1 atom stereocenters. The van der Waals surface area contributed by atoms with Crippen LogP contribution in [0.1, 0.15) is 69.9 Å². The number of H-pyrrole nitrogens is 1. The molecule has 0 aliphatic heterocycles. The van der Waals surface area contributed by atoms with Crippen LogP contribution in [0.4, 0.5) is 0 Å². The van der Waals surface area contributed by atoms with Crippen LogP contribution in [-0.4, -0.2) is 15.7 Å². The molecule has 0 radical (unpaired) electrons. The third-order valence-electron chi connectivity index (χ3n) is 6.54. The molecule has 3 nitrogen and oxygen atoms in total. The van der Waals surface area contributed by atoms with Gasteiger partial charge < -0.3 is 4.98 Å². The highest BCUT2D eigenvalue weighted by Crippen LogP contribution is 2.48. The highest BCUT2D eigenvalue weighted by Gasteiger charge is 2.44. The monoisotopic (exact) mass is 382 g/mol. The summed E-state index contributed by atoms with van der Waals surface area (Å²) in [7, 11) is 0. The Hall–Kier alpha value is -1.55. The summed E-state index contributed by atoms with van der Waals surface area (Å²) in [4.78, 5) is 21.4. The van der Waals surface area contributed by atoms with Gasteiger partial charge in [-0.15, -0.1) is 0 Å². The molecule has 1 heterocycles. The van der Waals surface area contributed by atoms with Gasteiger partial charge in [0.2, 0.25) is 0 Å². The van der Waals surface area contributed by atoms with Gasteiger partial charge >= 0.3 is 0 Å². The number of nitrogens with one attached hydrogen (secondary N) is 1. The summed E-state index contributed by atoms with van der Waals surface area (Å²) in [5, 5.41) is 0.773. The van der Waals surface area contributed by atoms with Crippen LogP contribution in [-0.2, 0) is 11.8 Å². The molecule has 4 rings (SSSR count). The van der Waals surface area contributed by atoms with E-state index in [1.807, 2.05) is 0 Å². The Balaban J connectivity index is 1.83. The number of benzene rings is 1. The van der Waals surface area contributed by atoms with E-state index in [0.29, 0.717) is 5.92 Å². The Morgan fingerprint density at radius 2 is 2.00 bits per heavy atom. The van der Waals surface area contributed by atoms with Crippen molar-refractivity contribution in [2.75, 3.05) is 5.75 Å². The van der Waals surface area contributed by atoms with E-state index in [1.165, 1.54) is 37.7 Å². The number of aromatic amines is 1. The SMILES string of the molecule is CCCCSc1nc2c(c(=O)[nH]1)[C@@](C)(C1CCCCC1)Cc1ccccc1-2. The second kappa shape index (κ2) is 7.83. The molecule has 144 valence electrons. The minimum atomic E-state index is -0.114. The molecule has 4 heteroatoms. The second-order valence-electron chi connectivity index (χ2n) is 8.38. The Labute approximate surface area is 166 Å². The minimum absolute atomic E-state index is 0.0848. The Bertz CT molecular complexity index is 869. The van der Waals surface area contributed by atoms with E-state index in [-0.39, 0.29) is 11.0 Å². The summed E-state index contributed by atoms with van der Waals surface area (Å²) >= 11 is 1.68. The lowest BCUT2D eigenvalue weighted by Gasteiger charge is -2.43. The van der Waals surface area contributed by atoms with E-state index in [4.69, 9.17) is 4.98 Å². The summed E-state index contributed by atoms with van der Waals surface area (Å²) in [5.41, 5.74) is 4.35. The number of rotatable bonds is 5. The molecule has 0 amide bonds. The van der Waals surface area contributed by atoms with Crippen molar-refractivity contribution in [3.63, 3.8) is 0 Å². The highest BCUT2D eigenvalue weighted by molar-refractivity contribution is 7.99. The smallest absolute Gasteiger partial charge is 0.255 e. The molecule has 1 fully saturated rings. The van der Waals surface area contributed by atoms with Gasteiger partial charge in [-0.3, -0.25) is 4.79 Å². The van der Waals surface area contributed by atoms with Crippen LogP contribution < -0.4 is 5.56 Å². The average molecular weight is 383 g/mol. The number of hydrogen-bond acceptors (Lipinski definition) is 3. The van der Waals surface area contributed by atoms with Gasteiger partial charge in [-0.1, -0.05) is 75.6 Å². The van der Waals surface area contributed by atoms with Crippen LogP contribution in [0.2, 0.25) is 0 Å². The van der Waals surface area contributed by atoms with Gasteiger partial charge in [0, 0.05) is 16.7 Å². The maximum atomic E-state index is 13.3. The van der Waals surface area contributed by atoms with Crippen molar-refractivity contribution in [1.82, 2.24) is 9.97 Å². The third-order valence-corrected chi connectivity index (χ3v) is 7.50. The first-order valence-corrected chi connectivity index (χ1v) is 11.5. The molecule has 1 saturated carbocycles. The van der Waals surface area contributed by atoms with Crippen LogP contribution in [0.15, 0.2) is 34.2 Å². The van der Waals surface area contributed by atoms with Crippen molar-refractivity contribution < 1.29 is 0 Å². The Kier molecular flexibility index (Phi) is 5.45. The highest BCUT2D eigenvalue weighted by atomic mass is 32.2. The molecule has 1 aromatic carbocycles. The largest absolute Gasteiger partial charge is 0.301 e. The van der Waals surface area contributed by atoms with Crippen molar-refractivity contribution in [3.05, 3.63) is 45.7 Å². The number of aromatic nitrogens is 2. The first-order valence-electron chi connectivity index (χ1n) is 10.5. The van der Waals surface area contributed by atoms with Gasteiger partial charge in [-0.2, -0.15) is 0 Å². The van der Waals surface area contributed by atoms with Crippen LogP contribution in [0, 0.1) is 5.92 Å². The van der Waals surface area contributed by atoms with Gasteiger partial charge in [0.15, 0.2) is 5.16 Å². The van der Waals surface area contributed by atoms with Gasteiger partial charge in [0.1, 0.15) is 0 Å². The fourth-order valence-corrected chi connectivity index (χ4v) is 5.98. The molecule has 27 heavy (non-hydrogen) atoms. The number of hydrogen-bond donors (Lipinski definition) is 1. The fourth-order valence-electron chi connectivity index (χ4n) is 5.04. The number of thioether (sulfide) groups is 1. The van der Waals surface area contributed by atoms with E-state index < -0.39 is 0 Å². The molecule has 1 N–H and O–H groups in total. The van der Waals surface area contributed by atoms with Crippen molar-refractivity contribution in [1.29, 1.82) is 0 Å². The van der Waals surface area contributed by atoms with Crippen molar-refractivity contribution in [2.45, 2.75) is 75.8 Å². The maximum Gasteiger partial charge on any atom is 0.255 e. The van der Waals surface area contributed by atoms with E-state index in [2.05, 4.69) is 43.1 Å². The first-order chi connectivity index (χ1) is 13.1. The van der Waals surface area contributed by atoms with Gasteiger partial charge in [0.05, 0.1) is 11.3 Å². The van der Waals surface area contributed by atoms with Crippen LogP contribution in [0.25, 0.3) is 11.3 Å². The lowest BCUT2D eigenvalue weighted by Crippen LogP contribution is -2.43. The number of nitrogens with zero attached hydrogens (tertiary/aromatic N) is 1. The lowest BCUT2D eigenvalue weighted by atomic mass is 9.60. The predicted molar refractivity (Wildman–Crippen MR) is 114 cm³/mol. The molecule has 2 aliphatic rings. The summed E-state index contributed by atoms with van der Waals surface area (Å²) in [6.07, 6.45) is 9.61. The van der Waals surface area contributed by atoms with Crippen LogP contribution in [0.5, 0.6) is 0 Å². The molecule has 0 saturated heterocycles. The molecule has 2 aliphatic carbocycles. The topological polar surface area (TPSA) is 45.8 Å². The third kappa shape index (κ3) is 3.49. The summed E-state index contributed by atoms with van der Waals surface area (Å²) in [6.45, 7) is 4.51. The van der Waals surface area contributed by atoms with Crippen LogP contribution in [0.3, 0.4) is 0 Å². The van der Waals surface area contributed by atoms with Crippen molar-refractivity contribution in [3.8, 4) is 11.3 Å². The Morgan fingerprint density at radius 1 is 1.22 bits per heavy atom. The van der Waals surface area contributed by atoms with E-state index in [0.717, 1.165) is 47.0 Å². The summed E-state index contributed by atoms with van der Waals surface area (Å²) in [5.74, 6) is 1.57. The molecule has 1 aromatic heterocycles. The Morgan fingerprint density at radius 3 is 2.78 bits per heavy atom. The van der Waals surface area contributed by atoms with Crippen molar-refractivity contribution in [2.24, 2.45) is 5.92 Å². The molecule has 2 aromatic rings. The fraction of sp³-hybridized carbons (Fsp3) is 0.565. The number of fused-ring (bicyclic) bond motifs is 3. The summed E-state index contributed by atoms with van der Waals surface area (Å²) in [6, 6.07) is 8.56. The lowest BCUT2D eigenvalue weighted by molar-refractivity contribution is 0.213. The van der Waals surface area contributed by atoms with Crippen LogP contribution >= 0.6 is 11.8 Å². The predicted octanol–water partition coefficient (Wildman–Crippen LogP) is 5.72. The van der Waals surface area contributed by atoms with Gasteiger partial charge in [-0.05, 0) is 37.2 Å². The van der Waals surface area contributed by atoms with E-state index in [1.54, 1.807) is 11.8 Å². The quantitative estimate of drug-likeness (QED) is 0.408. The molecule has 0 spiro atoms. The first kappa shape index (κ1) is 18.8. The maximum absolute atomic E-state index is 13.3. The zero-order valence-electron chi connectivity index (χ0n) is 16.5. The zero-order chi connectivity index (χ0) is 18.9. The normalized spacial score (nSPS) is 22.3. The average Bonchev–Trinajstić information content (AvgIpc) is 2.68. The minimum Gasteiger partial charge on any atom is -0.301 e. The standard InChI is InChI=1S/C23H30N2OS/c1-3-4-14-27-22-24-20-18-13-9-8-10-16(18)15-23(2,19(20)21(26)25-22)17-11-6-5-7-12-17/h8-10,13,17H,3-7,11-12,14-15H2,1-2H3,(H,24,25,26)/t23-/m1/s1.